The van der Waals surface area contributed by atoms with Crippen LogP contribution in [0.1, 0.15) is 25.5 Å². The summed E-state index contributed by atoms with van der Waals surface area (Å²) < 4.78 is 1.08. The molecule has 5 heteroatoms. The van der Waals surface area contributed by atoms with Crippen molar-refractivity contribution in [3.05, 3.63) is 28.4 Å². The summed E-state index contributed by atoms with van der Waals surface area (Å²) in [6.07, 6.45) is 4.08. The van der Waals surface area contributed by atoms with Gasteiger partial charge >= 0.3 is 5.97 Å². The Kier molecular flexibility index (Phi) is 4.03. The molecule has 0 aliphatic heterocycles. The van der Waals surface area contributed by atoms with Crippen LogP contribution in [0, 0.1) is 0 Å². The second-order valence-corrected chi connectivity index (χ2v) is 3.34. The molecule has 0 atom stereocenters. The maximum absolute atomic E-state index is 11.4. The number of hydrogen-bond acceptors (Lipinski definition) is 3. The van der Waals surface area contributed by atoms with Crippen LogP contribution in [0.15, 0.2) is 17.2 Å². The van der Waals surface area contributed by atoms with Crippen LogP contribution in [0.3, 0.4) is 0 Å². The van der Waals surface area contributed by atoms with Gasteiger partial charge in [-0.05, 0) is 12.8 Å². The van der Waals surface area contributed by atoms with E-state index >= 15 is 0 Å². The number of unbranched alkanes of at least 4 members (excludes halogenated alkanes) is 1. The molecular weight excluding hydrogens is 196 g/mol. The molecule has 5 nitrogen and oxygen atoms in total. The first-order valence-electron chi connectivity index (χ1n) is 4.90. The van der Waals surface area contributed by atoms with E-state index < -0.39 is 5.97 Å². The molecule has 0 aromatic carbocycles. The van der Waals surface area contributed by atoms with Gasteiger partial charge in [-0.1, -0.05) is 13.3 Å². The molecule has 1 heterocycles. The minimum Gasteiger partial charge on any atom is -0.480 e. The number of aromatic nitrogens is 2. The van der Waals surface area contributed by atoms with Crippen LogP contribution in [0.4, 0.5) is 0 Å². The fraction of sp³-hybridized carbons (Fsp3) is 0.500. The Morgan fingerprint density at radius 3 is 2.87 bits per heavy atom. The number of carbonyl (C=O) groups is 1. The van der Waals surface area contributed by atoms with E-state index in [9.17, 15) is 9.59 Å². The SMILES string of the molecule is CCCCc1cc(=O)n(CC(=O)O)cn1. The Hall–Kier alpha value is -1.65. The number of rotatable bonds is 5. The Morgan fingerprint density at radius 1 is 1.60 bits per heavy atom. The molecule has 0 saturated heterocycles. The van der Waals surface area contributed by atoms with E-state index in [1.165, 1.54) is 12.4 Å². The molecule has 0 spiro atoms. The van der Waals surface area contributed by atoms with Crippen LogP contribution < -0.4 is 5.56 Å². The van der Waals surface area contributed by atoms with E-state index in [2.05, 4.69) is 11.9 Å². The van der Waals surface area contributed by atoms with Crippen molar-refractivity contribution in [2.45, 2.75) is 32.7 Å². The number of aliphatic carboxylic acids is 1. The number of hydrogen-bond donors (Lipinski definition) is 1. The molecule has 0 fully saturated rings. The molecule has 15 heavy (non-hydrogen) atoms. The topological polar surface area (TPSA) is 72.2 Å². The molecule has 1 aromatic heterocycles. The van der Waals surface area contributed by atoms with Gasteiger partial charge in [-0.3, -0.25) is 14.2 Å². The first-order valence-corrected chi connectivity index (χ1v) is 4.90. The molecule has 0 saturated carbocycles. The van der Waals surface area contributed by atoms with Crippen LogP contribution in [0.5, 0.6) is 0 Å². The normalized spacial score (nSPS) is 10.2. The van der Waals surface area contributed by atoms with Gasteiger partial charge in [0.1, 0.15) is 6.54 Å². The lowest BCUT2D eigenvalue weighted by Gasteiger charge is -2.02. The Balaban J connectivity index is 2.79. The summed E-state index contributed by atoms with van der Waals surface area (Å²) in [5.74, 6) is -1.04. The van der Waals surface area contributed by atoms with Gasteiger partial charge in [0.25, 0.3) is 5.56 Å². The molecule has 0 bridgehead atoms. The number of carboxylic acid groups (broad SMARTS) is 1. The molecule has 1 aromatic rings. The number of nitrogens with zero attached hydrogens (tertiary/aromatic N) is 2. The smallest absolute Gasteiger partial charge is 0.323 e. The zero-order valence-electron chi connectivity index (χ0n) is 8.64. The van der Waals surface area contributed by atoms with E-state index in [1.54, 1.807) is 0 Å². The fourth-order valence-corrected chi connectivity index (χ4v) is 1.22. The van der Waals surface area contributed by atoms with Crippen molar-refractivity contribution in [2.75, 3.05) is 0 Å². The van der Waals surface area contributed by atoms with Gasteiger partial charge in [-0.25, -0.2) is 4.98 Å². The van der Waals surface area contributed by atoms with Gasteiger partial charge in [0.15, 0.2) is 0 Å². The highest BCUT2D eigenvalue weighted by molar-refractivity contribution is 5.66. The molecule has 1 N–H and O–H groups in total. The van der Waals surface area contributed by atoms with Crippen molar-refractivity contribution in [3.63, 3.8) is 0 Å². The Labute approximate surface area is 87.4 Å². The van der Waals surface area contributed by atoms with Crippen LogP contribution in [-0.4, -0.2) is 20.6 Å². The van der Waals surface area contributed by atoms with Crippen LogP contribution in [0.25, 0.3) is 0 Å². The van der Waals surface area contributed by atoms with Crippen LogP contribution >= 0.6 is 0 Å². The Morgan fingerprint density at radius 2 is 2.33 bits per heavy atom. The lowest BCUT2D eigenvalue weighted by atomic mass is 10.2. The van der Waals surface area contributed by atoms with E-state index in [1.807, 2.05) is 0 Å². The maximum atomic E-state index is 11.4. The quantitative estimate of drug-likeness (QED) is 0.775. The highest BCUT2D eigenvalue weighted by Crippen LogP contribution is 1.98. The predicted octanol–water partition coefficient (Wildman–Crippen LogP) is 0.671. The second kappa shape index (κ2) is 5.29. The summed E-state index contributed by atoms with van der Waals surface area (Å²) in [5, 5.41) is 8.51. The van der Waals surface area contributed by atoms with Crippen molar-refractivity contribution >= 4 is 5.97 Å². The lowest BCUT2D eigenvalue weighted by molar-refractivity contribution is -0.137. The van der Waals surface area contributed by atoms with Gasteiger partial charge in [0.05, 0.1) is 6.33 Å². The van der Waals surface area contributed by atoms with E-state index in [-0.39, 0.29) is 12.1 Å². The average Bonchev–Trinajstić information content (AvgIpc) is 2.18. The van der Waals surface area contributed by atoms with Crippen molar-refractivity contribution in [3.8, 4) is 0 Å². The average molecular weight is 210 g/mol. The third-order valence-corrected chi connectivity index (χ3v) is 2.03. The van der Waals surface area contributed by atoms with E-state index in [4.69, 9.17) is 5.11 Å². The van der Waals surface area contributed by atoms with Crippen molar-refractivity contribution in [1.29, 1.82) is 0 Å². The standard InChI is InChI=1S/C10H14N2O3/c1-2-3-4-8-5-9(13)12(7-11-8)6-10(14)15/h5,7H,2-4,6H2,1H3,(H,14,15). The monoisotopic (exact) mass is 210 g/mol. The third kappa shape index (κ3) is 3.53. The molecular formula is C10H14N2O3. The molecule has 0 aliphatic rings. The predicted molar refractivity (Wildman–Crippen MR) is 54.7 cm³/mol. The Bertz CT molecular complexity index is 398. The lowest BCUT2D eigenvalue weighted by Crippen LogP contribution is -2.24. The van der Waals surface area contributed by atoms with Gasteiger partial charge in [-0.2, -0.15) is 0 Å². The van der Waals surface area contributed by atoms with Gasteiger partial charge < -0.3 is 5.11 Å². The number of carboxylic acids is 1. The highest BCUT2D eigenvalue weighted by atomic mass is 16.4. The minimum absolute atomic E-state index is 0.307. The summed E-state index contributed by atoms with van der Waals surface area (Å²) in [6.45, 7) is 1.73. The minimum atomic E-state index is -1.04. The first-order chi connectivity index (χ1) is 7.13. The van der Waals surface area contributed by atoms with Crippen molar-refractivity contribution < 1.29 is 9.90 Å². The fourth-order valence-electron chi connectivity index (χ4n) is 1.22. The zero-order chi connectivity index (χ0) is 11.3. The summed E-state index contributed by atoms with van der Waals surface area (Å²) in [4.78, 5) is 25.8. The number of aryl methyl sites for hydroxylation is 1. The summed E-state index contributed by atoms with van der Waals surface area (Å²) in [7, 11) is 0. The van der Waals surface area contributed by atoms with Crippen LogP contribution in [0.2, 0.25) is 0 Å². The second-order valence-electron chi connectivity index (χ2n) is 3.34. The first kappa shape index (κ1) is 11.4. The van der Waals surface area contributed by atoms with Crippen LogP contribution in [-0.2, 0) is 17.8 Å². The molecule has 0 amide bonds. The molecule has 1 rings (SSSR count). The van der Waals surface area contributed by atoms with E-state index in [0.717, 1.165) is 29.5 Å². The third-order valence-electron chi connectivity index (χ3n) is 2.03. The van der Waals surface area contributed by atoms with Crippen molar-refractivity contribution in [2.24, 2.45) is 0 Å². The molecule has 0 unspecified atom stereocenters. The maximum Gasteiger partial charge on any atom is 0.323 e. The molecule has 82 valence electrons. The summed E-state index contributed by atoms with van der Waals surface area (Å²) >= 11 is 0. The molecule has 0 radical (unpaired) electrons. The summed E-state index contributed by atoms with van der Waals surface area (Å²) in [5.41, 5.74) is 0.419. The largest absolute Gasteiger partial charge is 0.480 e. The van der Waals surface area contributed by atoms with Gasteiger partial charge in [0, 0.05) is 11.8 Å². The highest BCUT2D eigenvalue weighted by Gasteiger charge is 2.03. The zero-order valence-corrected chi connectivity index (χ0v) is 8.64. The van der Waals surface area contributed by atoms with Crippen molar-refractivity contribution in [1.82, 2.24) is 9.55 Å². The van der Waals surface area contributed by atoms with E-state index in [0.29, 0.717) is 0 Å². The van der Waals surface area contributed by atoms with Gasteiger partial charge in [-0.15, -0.1) is 0 Å². The summed E-state index contributed by atoms with van der Waals surface area (Å²) in [6, 6.07) is 1.40. The van der Waals surface area contributed by atoms with Gasteiger partial charge in [0.2, 0.25) is 0 Å². The molecule has 0 aliphatic carbocycles.